The summed E-state index contributed by atoms with van der Waals surface area (Å²) in [6, 6.07) is 13.1. The van der Waals surface area contributed by atoms with Crippen molar-refractivity contribution in [2.24, 2.45) is 0 Å². The van der Waals surface area contributed by atoms with Crippen LogP contribution in [0.2, 0.25) is 5.02 Å². The molecule has 0 spiro atoms. The molecule has 28 heavy (non-hydrogen) atoms. The molecule has 0 saturated carbocycles. The molecule has 0 unspecified atom stereocenters. The molecule has 146 valence electrons. The number of carbonyl (C=O) groups excluding carboxylic acids is 1. The van der Waals surface area contributed by atoms with E-state index >= 15 is 0 Å². The SMILES string of the molecule is CC[C@H](Oc1cc(C)cc(C)c1)C(=O)NCc1nc(-c2ccccc2Cl)no1. The van der Waals surface area contributed by atoms with Crippen molar-refractivity contribution in [2.75, 3.05) is 0 Å². The van der Waals surface area contributed by atoms with Crippen molar-refractivity contribution in [1.82, 2.24) is 15.5 Å². The van der Waals surface area contributed by atoms with Crippen molar-refractivity contribution in [1.29, 1.82) is 0 Å². The van der Waals surface area contributed by atoms with Crippen molar-refractivity contribution in [3.8, 4) is 17.1 Å². The van der Waals surface area contributed by atoms with E-state index in [1.165, 1.54) is 0 Å². The Hall–Kier alpha value is -2.86. The summed E-state index contributed by atoms with van der Waals surface area (Å²) >= 11 is 6.15. The summed E-state index contributed by atoms with van der Waals surface area (Å²) in [5.74, 6) is 1.12. The number of nitrogens with zero attached hydrogens (tertiary/aromatic N) is 2. The molecular weight excluding hydrogens is 378 g/mol. The number of hydrogen-bond acceptors (Lipinski definition) is 5. The van der Waals surface area contributed by atoms with Crippen LogP contribution in [0.4, 0.5) is 0 Å². The molecule has 1 aromatic heterocycles. The maximum atomic E-state index is 12.5. The quantitative estimate of drug-likeness (QED) is 0.633. The van der Waals surface area contributed by atoms with E-state index in [-0.39, 0.29) is 12.5 Å². The summed E-state index contributed by atoms with van der Waals surface area (Å²) < 4.78 is 11.1. The monoisotopic (exact) mass is 399 g/mol. The van der Waals surface area contributed by atoms with Crippen molar-refractivity contribution >= 4 is 17.5 Å². The first kappa shape index (κ1) is 19.9. The van der Waals surface area contributed by atoms with Crippen molar-refractivity contribution < 1.29 is 14.1 Å². The number of hydrogen-bond donors (Lipinski definition) is 1. The van der Waals surface area contributed by atoms with E-state index < -0.39 is 6.10 Å². The highest BCUT2D eigenvalue weighted by Crippen LogP contribution is 2.24. The number of halogens is 1. The molecule has 1 heterocycles. The highest BCUT2D eigenvalue weighted by atomic mass is 35.5. The highest BCUT2D eigenvalue weighted by molar-refractivity contribution is 6.33. The lowest BCUT2D eigenvalue weighted by Crippen LogP contribution is -2.37. The first-order valence-electron chi connectivity index (χ1n) is 9.06. The van der Waals surface area contributed by atoms with E-state index in [4.69, 9.17) is 20.9 Å². The molecule has 3 rings (SSSR count). The van der Waals surface area contributed by atoms with Gasteiger partial charge in [0.2, 0.25) is 11.7 Å². The van der Waals surface area contributed by atoms with Gasteiger partial charge in [-0.25, -0.2) is 0 Å². The zero-order chi connectivity index (χ0) is 20.1. The third kappa shape index (κ3) is 4.89. The zero-order valence-corrected chi connectivity index (χ0v) is 16.8. The van der Waals surface area contributed by atoms with Crippen molar-refractivity contribution in [3.05, 3.63) is 64.5 Å². The molecule has 6 nitrogen and oxygen atoms in total. The molecule has 0 radical (unpaired) electrons. The van der Waals surface area contributed by atoms with Crippen LogP contribution in [0.5, 0.6) is 5.75 Å². The summed E-state index contributed by atoms with van der Waals surface area (Å²) in [5.41, 5.74) is 2.85. The van der Waals surface area contributed by atoms with E-state index in [0.717, 1.165) is 11.1 Å². The number of benzene rings is 2. The van der Waals surface area contributed by atoms with Gasteiger partial charge in [-0.05, 0) is 55.7 Å². The maximum absolute atomic E-state index is 12.5. The molecule has 0 fully saturated rings. The van der Waals surface area contributed by atoms with Gasteiger partial charge in [-0.2, -0.15) is 4.98 Å². The fourth-order valence-electron chi connectivity index (χ4n) is 2.84. The minimum atomic E-state index is -0.604. The van der Waals surface area contributed by atoms with Crippen LogP contribution >= 0.6 is 11.6 Å². The molecule has 0 bridgehead atoms. The van der Waals surface area contributed by atoms with Crippen molar-refractivity contribution in [2.45, 2.75) is 39.8 Å². The fraction of sp³-hybridized carbons (Fsp3) is 0.286. The largest absolute Gasteiger partial charge is 0.481 e. The zero-order valence-electron chi connectivity index (χ0n) is 16.0. The minimum absolute atomic E-state index is 0.114. The molecule has 0 aliphatic rings. The molecule has 0 aliphatic carbocycles. The van der Waals surface area contributed by atoms with Gasteiger partial charge in [0.05, 0.1) is 11.6 Å². The third-order valence-corrected chi connectivity index (χ3v) is 4.46. The average Bonchev–Trinajstić information content (AvgIpc) is 3.12. The van der Waals surface area contributed by atoms with Crippen LogP contribution in [-0.2, 0) is 11.3 Å². The lowest BCUT2D eigenvalue weighted by molar-refractivity contribution is -0.128. The van der Waals surface area contributed by atoms with Crippen LogP contribution in [0.25, 0.3) is 11.4 Å². The van der Waals surface area contributed by atoms with Gasteiger partial charge in [-0.1, -0.05) is 41.9 Å². The maximum Gasteiger partial charge on any atom is 0.261 e. The van der Waals surface area contributed by atoms with E-state index in [0.29, 0.717) is 34.5 Å². The van der Waals surface area contributed by atoms with E-state index in [2.05, 4.69) is 21.5 Å². The average molecular weight is 400 g/mol. The molecule has 0 saturated heterocycles. The Balaban J connectivity index is 1.62. The number of carbonyl (C=O) groups is 1. The Bertz CT molecular complexity index is 951. The number of ether oxygens (including phenoxy) is 1. The van der Waals surface area contributed by atoms with E-state index in [9.17, 15) is 4.79 Å². The molecule has 1 N–H and O–H groups in total. The Kier molecular flexibility index (Phi) is 6.31. The highest BCUT2D eigenvalue weighted by Gasteiger charge is 2.20. The minimum Gasteiger partial charge on any atom is -0.481 e. The predicted molar refractivity (Wildman–Crippen MR) is 107 cm³/mol. The van der Waals surface area contributed by atoms with Gasteiger partial charge in [0.1, 0.15) is 5.75 Å². The van der Waals surface area contributed by atoms with Crippen LogP contribution < -0.4 is 10.1 Å². The topological polar surface area (TPSA) is 77.2 Å². The normalized spacial score (nSPS) is 11.9. The number of aromatic nitrogens is 2. The second-order valence-corrected chi connectivity index (χ2v) is 6.95. The van der Waals surface area contributed by atoms with Gasteiger partial charge in [-0.15, -0.1) is 0 Å². The second-order valence-electron chi connectivity index (χ2n) is 6.55. The summed E-state index contributed by atoms with van der Waals surface area (Å²) in [4.78, 5) is 16.8. The Morgan fingerprint density at radius 1 is 1.21 bits per heavy atom. The second kappa shape index (κ2) is 8.89. The molecule has 3 aromatic rings. The summed E-state index contributed by atoms with van der Waals surface area (Å²) in [6.45, 7) is 6.00. The Morgan fingerprint density at radius 2 is 1.93 bits per heavy atom. The van der Waals surface area contributed by atoms with Crippen LogP contribution in [0.3, 0.4) is 0 Å². The molecule has 7 heteroatoms. The van der Waals surface area contributed by atoms with Crippen molar-refractivity contribution in [3.63, 3.8) is 0 Å². The molecule has 2 aromatic carbocycles. The Morgan fingerprint density at radius 3 is 2.61 bits per heavy atom. The molecule has 0 aliphatic heterocycles. The van der Waals surface area contributed by atoms with Crippen LogP contribution in [0, 0.1) is 13.8 Å². The Labute approximate surface area is 168 Å². The van der Waals surface area contributed by atoms with Crippen LogP contribution in [-0.4, -0.2) is 22.2 Å². The lowest BCUT2D eigenvalue weighted by Gasteiger charge is -2.17. The molecule has 1 atom stereocenters. The standard InChI is InChI=1S/C21H22ClN3O3/c1-4-18(27-15-10-13(2)9-14(3)11-15)21(26)23-12-19-24-20(25-28-19)16-7-5-6-8-17(16)22/h5-11,18H,4,12H2,1-3H3,(H,23,26)/t18-/m0/s1. The van der Waals surface area contributed by atoms with Gasteiger partial charge in [-0.3, -0.25) is 4.79 Å². The van der Waals surface area contributed by atoms with Gasteiger partial charge in [0.25, 0.3) is 5.91 Å². The summed E-state index contributed by atoms with van der Waals surface area (Å²) in [6.07, 6.45) is -0.0692. The third-order valence-electron chi connectivity index (χ3n) is 4.13. The molecular formula is C21H22ClN3O3. The molecule has 1 amide bonds. The van der Waals surface area contributed by atoms with Gasteiger partial charge >= 0.3 is 0 Å². The summed E-state index contributed by atoms with van der Waals surface area (Å²) in [5, 5.41) is 7.24. The predicted octanol–water partition coefficient (Wildman–Crippen LogP) is 4.48. The number of aryl methyl sites for hydroxylation is 2. The van der Waals surface area contributed by atoms with Gasteiger partial charge < -0.3 is 14.6 Å². The smallest absolute Gasteiger partial charge is 0.261 e. The van der Waals surface area contributed by atoms with E-state index in [1.807, 2.05) is 45.0 Å². The van der Waals surface area contributed by atoms with Gasteiger partial charge in [0, 0.05) is 5.56 Å². The van der Waals surface area contributed by atoms with Gasteiger partial charge in [0.15, 0.2) is 6.10 Å². The first-order valence-corrected chi connectivity index (χ1v) is 9.44. The number of amides is 1. The van der Waals surface area contributed by atoms with Crippen LogP contribution in [0.1, 0.15) is 30.4 Å². The summed E-state index contributed by atoms with van der Waals surface area (Å²) in [7, 11) is 0. The lowest BCUT2D eigenvalue weighted by atomic mass is 10.1. The number of rotatable bonds is 7. The van der Waals surface area contributed by atoms with Crippen LogP contribution in [0.15, 0.2) is 47.0 Å². The number of nitrogens with one attached hydrogen (secondary N) is 1. The first-order chi connectivity index (χ1) is 13.5. The van der Waals surface area contributed by atoms with E-state index in [1.54, 1.807) is 12.1 Å². The fourth-order valence-corrected chi connectivity index (χ4v) is 3.06.